The summed E-state index contributed by atoms with van der Waals surface area (Å²) >= 11 is 0. The Morgan fingerprint density at radius 3 is 1.20 bits per heavy atom. The zero-order valence-electron chi connectivity index (χ0n) is 8.70. The molecule has 13 heteroatoms. The fraction of sp³-hybridized carbons (Fsp3) is 1.00. The van der Waals surface area contributed by atoms with Crippen LogP contribution in [0.25, 0.3) is 0 Å². The minimum absolute atomic E-state index is 3.66. The van der Waals surface area contributed by atoms with Crippen molar-refractivity contribution in [3.8, 4) is 0 Å². The van der Waals surface area contributed by atoms with Crippen LogP contribution in [0.3, 0.4) is 0 Å². The van der Waals surface area contributed by atoms with Crippen LogP contribution in [0.15, 0.2) is 0 Å². The maximum absolute atomic E-state index is 12.5. The molecule has 1 atom stereocenters. The van der Waals surface area contributed by atoms with E-state index < -0.39 is 42.7 Å². The molecule has 122 valence electrons. The average molecular weight is 334 g/mol. The predicted octanol–water partition coefficient (Wildman–Crippen LogP) is 4.75. The van der Waals surface area contributed by atoms with Crippen molar-refractivity contribution in [3.63, 3.8) is 0 Å². The van der Waals surface area contributed by atoms with Gasteiger partial charge in [-0.25, -0.2) is 4.39 Å². The van der Waals surface area contributed by atoms with Crippen LogP contribution in [-0.4, -0.2) is 36.3 Å². The molecule has 0 aromatic heterocycles. The van der Waals surface area contributed by atoms with Gasteiger partial charge >= 0.3 is 30.1 Å². The molecule has 0 bridgehead atoms. The molecule has 20 heavy (non-hydrogen) atoms. The van der Waals surface area contributed by atoms with E-state index in [1.165, 1.54) is 0 Å². The van der Waals surface area contributed by atoms with Gasteiger partial charge in [0.25, 0.3) is 0 Å². The second kappa shape index (κ2) is 4.83. The molecular formula is C7H3F13. The molecule has 0 nitrogen and oxygen atoms in total. The Hall–Kier alpha value is -0.910. The predicted molar refractivity (Wildman–Crippen MR) is 36.5 cm³/mol. The van der Waals surface area contributed by atoms with E-state index >= 15 is 0 Å². The van der Waals surface area contributed by atoms with Crippen molar-refractivity contribution in [2.75, 3.05) is 0 Å². The highest BCUT2D eigenvalue weighted by molar-refractivity contribution is 4.96. The van der Waals surface area contributed by atoms with Crippen LogP contribution in [0.4, 0.5) is 57.1 Å². The molecule has 0 aliphatic rings. The Morgan fingerprint density at radius 1 is 0.600 bits per heavy atom. The van der Waals surface area contributed by atoms with E-state index in [1.807, 2.05) is 0 Å². The van der Waals surface area contributed by atoms with Crippen molar-refractivity contribution in [2.24, 2.45) is 0 Å². The summed E-state index contributed by atoms with van der Waals surface area (Å²) in [6.45, 7) is 0. The number of hydrogen-bond donors (Lipinski definition) is 0. The zero-order chi connectivity index (χ0) is 16.8. The smallest absolute Gasteiger partial charge is 0.240 e. The van der Waals surface area contributed by atoms with E-state index in [2.05, 4.69) is 0 Å². The Kier molecular flexibility index (Phi) is 4.61. The van der Waals surface area contributed by atoms with Crippen LogP contribution in [0.1, 0.15) is 6.42 Å². The first-order valence-electron chi connectivity index (χ1n) is 4.29. The quantitative estimate of drug-likeness (QED) is 0.651. The van der Waals surface area contributed by atoms with Gasteiger partial charge in [-0.05, 0) is 0 Å². The molecule has 0 rings (SSSR count). The third-order valence-electron chi connectivity index (χ3n) is 2.02. The molecule has 0 saturated heterocycles. The lowest BCUT2D eigenvalue weighted by molar-refractivity contribution is -0.365. The normalized spacial score (nSPS) is 17.2. The first kappa shape index (κ1) is 19.1. The van der Waals surface area contributed by atoms with Crippen LogP contribution in [-0.2, 0) is 0 Å². The van der Waals surface area contributed by atoms with E-state index in [0.717, 1.165) is 0 Å². The zero-order valence-corrected chi connectivity index (χ0v) is 8.70. The SMILES string of the molecule is FC(CC(F)(F)C(F)(F)C(F)(F)F)C(F)(F)C(F)(F)F. The Balaban J connectivity index is 5.32. The summed E-state index contributed by atoms with van der Waals surface area (Å²) in [6.07, 6.45) is -22.3. The first-order valence-corrected chi connectivity index (χ1v) is 4.29. The highest BCUT2D eigenvalue weighted by atomic mass is 19.4. The minimum Gasteiger partial charge on any atom is -0.240 e. The van der Waals surface area contributed by atoms with E-state index in [-0.39, 0.29) is 0 Å². The van der Waals surface area contributed by atoms with E-state index in [0.29, 0.717) is 0 Å². The molecule has 0 aromatic carbocycles. The van der Waals surface area contributed by atoms with E-state index in [9.17, 15) is 57.1 Å². The maximum Gasteiger partial charge on any atom is 0.459 e. The van der Waals surface area contributed by atoms with Crippen LogP contribution in [0.5, 0.6) is 0 Å². The van der Waals surface area contributed by atoms with E-state index in [1.54, 1.807) is 0 Å². The highest BCUT2D eigenvalue weighted by Crippen LogP contribution is 2.51. The largest absolute Gasteiger partial charge is 0.459 e. The summed E-state index contributed by atoms with van der Waals surface area (Å²) in [5.74, 6) is -20.0. The van der Waals surface area contributed by atoms with Crippen molar-refractivity contribution in [1.82, 2.24) is 0 Å². The van der Waals surface area contributed by atoms with Crippen molar-refractivity contribution < 1.29 is 57.1 Å². The summed E-state index contributed by atoms with van der Waals surface area (Å²) in [5, 5.41) is 0. The number of halogens is 13. The summed E-state index contributed by atoms with van der Waals surface area (Å²) in [7, 11) is 0. The fourth-order valence-electron chi connectivity index (χ4n) is 0.866. The summed E-state index contributed by atoms with van der Waals surface area (Å²) in [5.41, 5.74) is 0. The van der Waals surface area contributed by atoms with Gasteiger partial charge in [-0.15, -0.1) is 0 Å². The monoisotopic (exact) mass is 334 g/mol. The molecule has 0 amide bonds. The minimum atomic E-state index is -6.97. The summed E-state index contributed by atoms with van der Waals surface area (Å²) in [4.78, 5) is 0. The van der Waals surface area contributed by atoms with Crippen molar-refractivity contribution in [2.45, 2.75) is 42.7 Å². The Labute approximate surface area is 101 Å². The third kappa shape index (κ3) is 3.22. The lowest BCUT2D eigenvalue weighted by Crippen LogP contribution is -2.55. The number of alkyl halides is 13. The standard InChI is InChI=1S/C7H3F13/c8-2(4(11,12)6(15,16)17)1-3(9,10)5(13,14)7(18,19)20/h2H,1H2. The second-order valence-corrected chi connectivity index (χ2v) is 3.57. The van der Waals surface area contributed by atoms with Gasteiger partial charge in [0.05, 0.1) is 6.42 Å². The molecule has 0 aliphatic carbocycles. The van der Waals surface area contributed by atoms with Crippen molar-refractivity contribution in [1.29, 1.82) is 0 Å². The van der Waals surface area contributed by atoms with Gasteiger partial charge in [0.2, 0.25) is 0 Å². The van der Waals surface area contributed by atoms with Crippen molar-refractivity contribution in [3.05, 3.63) is 0 Å². The van der Waals surface area contributed by atoms with Crippen LogP contribution in [0.2, 0.25) is 0 Å². The highest BCUT2D eigenvalue weighted by Gasteiger charge is 2.75. The molecule has 1 unspecified atom stereocenters. The lowest BCUT2D eigenvalue weighted by atomic mass is 10.0. The van der Waals surface area contributed by atoms with E-state index in [4.69, 9.17) is 0 Å². The topological polar surface area (TPSA) is 0 Å². The van der Waals surface area contributed by atoms with Crippen molar-refractivity contribution >= 4 is 0 Å². The second-order valence-electron chi connectivity index (χ2n) is 3.57. The number of rotatable bonds is 4. The Morgan fingerprint density at radius 2 is 0.950 bits per heavy atom. The van der Waals surface area contributed by atoms with Crippen LogP contribution >= 0.6 is 0 Å². The van der Waals surface area contributed by atoms with Gasteiger partial charge in [-0.3, -0.25) is 0 Å². The molecule has 0 radical (unpaired) electrons. The van der Waals surface area contributed by atoms with Gasteiger partial charge in [-0.2, -0.15) is 52.7 Å². The third-order valence-corrected chi connectivity index (χ3v) is 2.02. The molecule has 0 aromatic rings. The number of hydrogen-bond acceptors (Lipinski definition) is 0. The summed E-state index contributed by atoms with van der Waals surface area (Å²) in [6, 6.07) is 0. The van der Waals surface area contributed by atoms with Gasteiger partial charge in [0.15, 0.2) is 6.17 Å². The van der Waals surface area contributed by atoms with Crippen LogP contribution < -0.4 is 0 Å². The van der Waals surface area contributed by atoms with Gasteiger partial charge in [0, 0.05) is 0 Å². The molecule has 0 fully saturated rings. The average Bonchev–Trinajstić information content (AvgIpc) is 2.12. The lowest BCUT2D eigenvalue weighted by Gasteiger charge is -2.31. The van der Waals surface area contributed by atoms with Gasteiger partial charge in [-0.1, -0.05) is 0 Å². The summed E-state index contributed by atoms with van der Waals surface area (Å²) < 4.78 is 155. The molecule has 0 heterocycles. The van der Waals surface area contributed by atoms with Gasteiger partial charge < -0.3 is 0 Å². The van der Waals surface area contributed by atoms with Gasteiger partial charge in [0.1, 0.15) is 0 Å². The Bertz CT molecular complexity index is 334. The molecular weight excluding hydrogens is 331 g/mol. The fourth-order valence-corrected chi connectivity index (χ4v) is 0.866. The molecule has 0 spiro atoms. The first-order chi connectivity index (χ1) is 8.38. The maximum atomic E-state index is 12.5. The molecule has 0 saturated carbocycles. The molecule has 0 aliphatic heterocycles. The molecule has 0 N–H and O–H groups in total. The van der Waals surface area contributed by atoms with Crippen LogP contribution in [0, 0.1) is 0 Å².